The highest BCUT2D eigenvalue weighted by atomic mass is 32.2. The summed E-state index contributed by atoms with van der Waals surface area (Å²) in [6.45, 7) is 4.13. The number of halogens is 1. The van der Waals surface area contributed by atoms with Crippen LogP contribution < -0.4 is 4.72 Å². The van der Waals surface area contributed by atoms with E-state index in [0.717, 1.165) is 11.1 Å². The number of benzene rings is 2. The molecule has 1 N–H and O–H groups in total. The van der Waals surface area contributed by atoms with Crippen LogP contribution in [0.5, 0.6) is 0 Å². The van der Waals surface area contributed by atoms with Gasteiger partial charge >= 0.3 is 0 Å². The minimum Gasteiger partial charge on any atom is -0.214 e. The Morgan fingerprint density at radius 2 is 1.61 bits per heavy atom. The van der Waals surface area contributed by atoms with E-state index in [4.69, 9.17) is 0 Å². The molecule has 0 aliphatic rings. The highest BCUT2D eigenvalue weighted by Crippen LogP contribution is 2.22. The van der Waals surface area contributed by atoms with Crippen LogP contribution >= 0.6 is 0 Å². The van der Waals surface area contributed by atoms with Crippen molar-refractivity contribution in [2.45, 2.75) is 25.7 Å². The second kappa shape index (κ2) is 7.23. The molecular formula is C18H22FNO2S. The minimum atomic E-state index is -3.35. The van der Waals surface area contributed by atoms with E-state index in [1.165, 1.54) is 12.1 Å². The molecule has 23 heavy (non-hydrogen) atoms. The van der Waals surface area contributed by atoms with Crippen molar-refractivity contribution < 1.29 is 12.8 Å². The smallest absolute Gasteiger partial charge is 0.211 e. The van der Waals surface area contributed by atoms with Crippen LogP contribution in [0.1, 0.15) is 25.0 Å². The summed E-state index contributed by atoms with van der Waals surface area (Å²) in [4.78, 5) is 0. The zero-order valence-electron chi connectivity index (χ0n) is 13.4. The van der Waals surface area contributed by atoms with Crippen LogP contribution in [-0.2, 0) is 21.9 Å². The summed E-state index contributed by atoms with van der Waals surface area (Å²) in [6, 6.07) is 15.7. The van der Waals surface area contributed by atoms with Crippen molar-refractivity contribution in [2.24, 2.45) is 0 Å². The van der Waals surface area contributed by atoms with Gasteiger partial charge in [-0.25, -0.2) is 17.5 Å². The van der Waals surface area contributed by atoms with E-state index in [9.17, 15) is 12.8 Å². The van der Waals surface area contributed by atoms with Gasteiger partial charge in [0.15, 0.2) is 0 Å². The maximum atomic E-state index is 13.0. The Morgan fingerprint density at radius 3 is 2.22 bits per heavy atom. The van der Waals surface area contributed by atoms with E-state index in [-0.39, 0.29) is 18.1 Å². The Hall–Kier alpha value is -1.72. The number of hydrogen-bond donors (Lipinski definition) is 1. The monoisotopic (exact) mass is 335 g/mol. The first-order valence-electron chi connectivity index (χ1n) is 7.56. The van der Waals surface area contributed by atoms with Crippen molar-refractivity contribution in [1.29, 1.82) is 0 Å². The number of rotatable bonds is 7. The Balaban J connectivity index is 1.94. The molecular weight excluding hydrogens is 313 g/mol. The van der Waals surface area contributed by atoms with Gasteiger partial charge in [0.05, 0.1) is 5.75 Å². The zero-order chi connectivity index (χ0) is 16.9. The van der Waals surface area contributed by atoms with Crippen molar-refractivity contribution in [1.82, 2.24) is 4.72 Å². The molecule has 0 aromatic heterocycles. The van der Waals surface area contributed by atoms with E-state index in [2.05, 4.69) is 4.72 Å². The summed E-state index contributed by atoms with van der Waals surface area (Å²) in [5.41, 5.74) is 1.48. The standard InChI is InChI=1S/C18H22FNO2S/c1-18(2,16-8-10-17(19)11-9-16)14-20-23(21,22)13-12-15-6-4-3-5-7-15/h3-11,20H,12-14H2,1-2H3. The maximum absolute atomic E-state index is 13.0. The van der Waals surface area contributed by atoms with Gasteiger partial charge in [0.25, 0.3) is 0 Å². The lowest BCUT2D eigenvalue weighted by Crippen LogP contribution is -2.38. The third kappa shape index (κ3) is 5.44. The topological polar surface area (TPSA) is 46.2 Å². The third-order valence-electron chi connectivity index (χ3n) is 3.86. The fourth-order valence-electron chi connectivity index (χ4n) is 2.26. The third-order valence-corrected chi connectivity index (χ3v) is 5.19. The lowest BCUT2D eigenvalue weighted by molar-refractivity contribution is 0.500. The molecule has 124 valence electrons. The summed E-state index contributed by atoms with van der Waals surface area (Å²) >= 11 is 0. The Kier molecular flexibility index (Phi) is 5.55. The van der Waals surface area contributed by atoms with Gasteiger partial charge < -0.3 is 0 Å². The molecule has 0 fully saturated rings. The normalized spacial score (nSPS) is 12.3. The summed E-state index contributed by atoms with van der Waals surface area (Å²) in [6.07, 6.45) is 0.479. The van der Waals surface area contributed by atoms with Crippen LogP contribution in [-0.4, -0.2) is 20.7 Å². The van der Waals surface area contributed by atoms with Gasteiger partial charge in [-0.2, -0.15) is 0 Å². The molecule has 0 radical (unpaired) electrons. The van der Waals surface area contributed by atoms with Crippen molar-refractivity contribution in [3.8, 4) is 0 Å². The first-order chi connectivity index (χ1) is 10.8. The van der Waals surface area contributed by atoms with Crippen molar-refractivity contribution in [3.63, 3.8) is 0 Å². The van der Waals surface area contributed by atoms with Gasteiger partial charge in [0.1, 0.15) is 5.82 Å². The lowest BCUT2D eigenvalue weighted by Gasteiger charge is -2.25. The molecule has 2 rings (SSSR count). The highest BCUT2D eigenvalue weighted by molar-refractivity contribution is 7.89. The molecule has 2 aromatic carbocycles. The van der Waals surface area contributed by atoms with E-state index >= 15 is 0 Å². The molecule has 2 aromatic rings. The summed E-state index contributed by atoms with van der Waals surface area (Å²) < 4.78 is 40.0. The summed E-state index contributed by atoms with van der Waals surface area (Å²) in [5, 5.41) is 0. The van der Waals surface area contributed by atoms with Crippen LogP contribution in [0.15, 0.2) is 54.6 Å². The van der Waals surface area contributed by atoms with Crippen LogP contribution in [0.25, 0.3) is 0 Å². The van der Waals surface area contributed by atoms with Crippen molar-refractivity contribution in [3.05, 3.63) is 71.5 Å². The van der Waals surface area contributed by atoms with Gasteiger partial charge in [-0.1, -0.05) is 56.3 Å². The number of nitrogens with one attached hydrogen (secondary N) is 1. The molecule has 0 saturated carbocycles. The Bertz CT molecular complexity index is 725. The minimum absolute atomic E-state index is 0.0521. The molecule has 0 unspecified atom stereocenters. The summed E-state index contributed by atoms with van der Waals surface area (Å²) in [5.74, 6) is -0.246. The van der Waals surface area contributed by atoms with E-state index in [0.29, 0.717) is 6.42 Å². The van der Waals surface area contributed by atoms with Crippen LogP contribution in [0.2, 0.25) is 0 Å². The molecule has 0 aliphatic heterocycles. The van der Waals surface area contributed by atoms with Gasteiger partial charge in [0.2, 0.25) is 10.0 Å². The fraction of sp³-hybridized carbons (Fsp3) is 0.333. The molecule has 0 spiro atoms. The zero-order valence-corrected chi connectivity index (χ0v) is 14.2. The first-order valence-corrected chi connectivity index (χ1v) is 9.21. The highest BCUT2D eigenvalue weighted by Gasteiger charge is 2.23. The first kappa shape index (κ1) is 17.6. The molecule has 3 nitrogen and oxygen atoms in total. The van der Waals surface area contributed by atoms with E-state index in [1.807, 2.05) is 44.2 Å². The number of sulfonamides is 1. The average molecular weight is 335 g/mol. The fourth-order valence-corrected chi connectivity index (χ4v) is 3.49. The lowest BCUT2D eigenvalue weighted by atomic mass is 9.85. The molecule has 0 amide bonds. The van der Waals surface area contributed by atoms with Crippen molar-refractivity contribution in [2.75, 3.05) is 12.3 Å². The second-order valence-corrected chi connectivity index (χ2v) is 8.19. The molecule has 0 bridgehead atoms. The quantitative estimate of drug-likeness (QED) is 0.844. The Labute approximate surface area is 137 Å². The van der Waals surface area contributed by atoms with Gasteiger partial charge in [-0.05, 0) is 29.7 Å². The SMILES string of the molecule is CC(C)(CNS(=O)(=O)CCc1ccccc1)c1ccc(F)cc1. The van der Waals surface area contributed by atoms with Crippen molar-refractivity contribution >= 4 is 10.0 Å². The van der Waals surface area contributed by atoms with Crippen LogP contribution in [0.3, 0.4) is 0 Å². The molecule has 0 atom stereocenters. The summed E-state index contributed by atoms with van der Waals surface area (Å²) in [7, 11) is -3.35. The average Bonchev–Trinajstić information content (AvgIpc) is 2.53. The van der Waals surface area contributed by atoms with Gasteiger partial charge in [0, 0.05) is 12.0 Å². The van der Waals surface area contributed by atoms with Crippen LogP contribution in [0, 0.1) is 5.82 Å². The number of hydrogen-bond acceptors (Lipinski definition) is 2. The largest absolute Gasteiger partial charge is 0.214 e. The van der Waals surface area contributed by atoms with E-state index in [1.54, 1.807) is 12.1 Å². The molecule has 0 heterocycles. The molecule has 0 saturated heterocycles. The number of aryl methyl sites for hydroxylation is 1. The molecule has 5 heteroatoms. The maximum Gasteiger partial charge on any atom is 0.211 e. The predicted molar refractivity (Wildman–Crippen MR) is 91.4 cm³/mol. The van der Waals surface area contributed by atoms with E-state index < -0.39 is 15.4 Å². The second-order valence-electron chi connectivity index (χ2n) is 6.27. The van der Waals surface area contributed by atoms with Gasteiger partial charge in [-0.15, -0.1) is 0 Å². The van der Waals surface area contributed by atoms with Crippen LogP contribution in [0.4, 0.5) is 4.39 Å². The van der Waals surface area contributed by atoms with Gasteiger partial charge in [-0.3, -0.25) is 0 Å². The molecule has 0 aliphatic carbocycles. The Morgan fingerprint density at radius 1 is 1.00 bits per heavy atom. The predicted octanol–water partition coefficient (Wildman–Crippen LogP) is 3.27.